The van der Waals surface area contributed by atoms with Crippen LogP contribution in [0.1, 0.15) is 22.8 Å². The fourth-order valence-electron chi connectivity index (χ4n) is 3.21. The minimum atomic E-state index is -3.64. The van der Waals surface area contributed by atoms with Crippen LogP contribution >= 0.6 is 11.3 Å². The van der Waals surface area contributed by atoms with Gasteiger partial charge >= 0.3 is 0 Å². The van der Waals surface area contributed by atoms with Gasteiger partial charge in [0.1, 0.15) is 11.6 Å². The molecule has 0 spiro atoms. The summed E-state index contributed by atoms with van der Waals surface area (Å²) < 4.78 is 45.6. The first-order chi connectivity index (χ1) is 17.2. The number of anilines is 1. The summed E-state index contributed by atoms with van der Waals surface area (Å²) in [4.78, 5) is 18.0. The number of carbonyl (C=O) groups excluding carboxylic acids is 1. The molecule has 0 fully saturated rings. The summed E-state index contributed by atoms with van der Waals surface area (Å²) in [6.45, 7) is 2.44. The third-order valence-corrected chi connectivity index (χ3v) is 7.93. The van der Waals surface area contributed by atoms with E-state index in [1.165, 1.54) is 62.8 Å². The highest BCUT2D eigenvalue weighted by atomic mass is 32.2. The van der Waals surface area contributed by atoms with Gasteiger partial charge in [0.25, 0.3) is 5.91 Å². The summed E-state index contributed by atoms with van der Waals surface area (Å²) in [5.41, 5.74) is 1.45. The number of ether oxygens (including phenoxy) is 1. The van der Waals surface area contributed by atoms with Gasteiger partial charge in [0.15, 0.2) is 0 Å². The molecule has 0 N–H and O–H groups in total. The van der Waals surface area contributed by atoms with Gasteiger partial charge in [-0.3, -0.25) is 4.79 Å². The highest BCUT2D eigenvalue weighted by Crippen LogP contribution is 2.31. The van der Waals surface area contributed by atoms with Crippen molar-refractivity contribution in [2.45, 2.75) is 11.8 Å². The number of amides is 1. The average Bonchev–Trinajstić information content (AvgIpc) is 3.28. The van der Waals surface area contributed by atoms with Crippen molar-refractivity contribution < 1.29 is 22.3 Å². The van der Waals surface area contributed by atoms with Gasteiger partial charge in [0, 0.05) is 19.7 Å². The fraction of sp³-hybridized carbons (Fsp3) is 0.160. The normalized spacial score (nSPS) is 11.9. The third kappa shape index (κ3) is 5.43. The van der Waals surface area contributed by atoms with E-state index in [-0.39, 0.29) is 15.6 Å². The molecule has 4 aromatic rings. The SMILES string of the molecule is CCOc1ccc(/C=N/N(C(=O)c2ccc(S(=O)(=O)N(C)C)cc2)c2nc3ccc(F)cc3s2)cc1. The van der Waals surface area contributed by atoms with E-state index in [4.69, 9.17) is 4.74 Å². The van der Waals surface area contributed by atoms with Crippen LogP contribution in [-0.4, -0.2) is 50.5 Å². The van der Waals surface area contributed by atoms with Crippen LogP contribution in [0.4, 0.5) is 9.52 Å². The van der Waals surface area contributed by atoms with Crippen molar-refractivity contribution in [2.75, 3.05) is 25.7 Å². The highest BCUT2D eigenvalue weighted by molar-refractivity contribution is 7.89. The number of halogens is 1. The molecule has 0 saturated heterocycles. The Morgan fingerprint density at radius 2 is 1.78 bits per heavy atom. The summed E-state index contributed by atoms with van der Waals surface area (Å²) in [6.07, 6.45) is 1.51. The van der Waals surface area contributed by atoms with E-state index in [9.17, 15) is 17.6 Å². The molecule has 0 aliphatic heterocycles. The van der Waals surface area contributed by atoms with Crippen LogP contribution in [0.5, 0.6) is 5.75 Å². The van der Waals surface area contributed by atoms with Gasteiger partial charge in [-0.1, -0.05) is 11.3 Å². The van der Waals surface area contributed by atoms with Crippen molar-refractivity contribution in [3.05, 3.63) is 83.7 Å². The van der Waals surface area contributed by atoms with Gasteiger partial charge in [-0.2, -0.15) is 10.1 Å². The summed E-state index contributed by atoms with van der Waals surface area (Å²) >= 11 is 1.12. The Labute approximate surface area is 212 Å². The van der Waals surface area contributed by atoms with Crippen LogP contribution in [-0.2, 0) is 10.0 Å². The molecule has 1 aromatic heterocycles. The molecule has 0 bridgehead atoms. The van der Waals surface area contributed by atoms with Crippen LogP contribution in [0.3, 0.4) is 0 Å². The van der Waals surface area contributed by atoms with Crippen LogP contribution in [0.2, 0.25) is 0 Å². The Hall–Kier alpha value is -3.67. The summed E-state index contributed by atoms with van der Waals surface area (Å²) in [7, 11) is -0.780. The smallest absolute Gasteiger partial charge is 0.280 e. The Balaban J connectivity index is 1.70. The van der Waals surface area contributed by atoms with E-state index < -0.39 is 21.7 Å². The molecule has 3 aromatic carbocycles. The number of hydrogen-bond donors (Lipinski definition) is 0. The van der Waals surface area contributed by atoms with E-state index in [0.717, 1.165) is 26.2 Å². The average molecular weight is 527 g/mol. The fourth-order valence-corrected chi connectivity index (χ4v) is 5.06. The molecular weight excluding hydrogens is 503 g/mol. The zero-order valence-electron chi connectivity index (χ0n) is 19.8. The van der Waals surface area contributed by atoms with Gasteiger partial charge in [-0.05, 0) is 79.2 Å². The van der Waals surface area contributed by atoms with Crippen molar-refractivity contribution in [1.82, 2.24) is 9.29 Å². The number of benzene rings is 3. The quantitative estimate of drug-likeness (QED) is 0.244. The lowest BCUT2D eigenvalue weighted by Crippen LogP contribution is -2.26. The summed E-state index contributed by atoms with van der Waals surface area (Å²) in [6, 6.07) is 16.9. The Kier molecular flexibility index (Phi) is 7.43. The van der Waals surface area contributed by atoms with Crippen molar-refractivity contribution in [2.24, 2.45) is 5.10 Å². The maximum Gasteiger partial charge on any atom is 0.280 e. The van der Waals surface area contributed by atoms with Crippen molar-refractivity contribution in [1.29, 1.82) is 0 Å². The molecule has 1 heterocycles. The van der Waals surface area contributed by atoms with Crippen LogP contribution in [0.15, 0.2) is 76.7 Å². The second-order valence-electron chi connectivity index (χ2n) is 7.78. The van der Waals surface area contributed by atoms with Gasteiger partial charge < -0.3 is 4.74 Å². The molecule has 0 unspecified atom stereocenters. The first kappa shape index (κ1) is 25.4. The lowest BCUT2D eigenvalue weighted by molar-refractivity contribution is 0.0987. The second-order valence-corrected chi connectivity index (χ2v) is 10.9. The minimum absolute atomic E-state index is 0.0592. The zero-order chi connectivity index (χ0) is 25.9. The molecule has 1 amide bonds. The standard InChI is InChI=1S/C25H23FN4O4S2/c1-4-34-20-10-5-17(6-11-20)16-27-30(25-28-22-14-9-19(26)15-23(22)35-25)24(31)18-7-12-21(13-8-18)36(32,33)29(2)3/h5-16H,4H2,1-3H3/b27-16+. The third-order valence-electron chi connectivity index (χ3n) is 5.11. The first-order valence-electron chi connectivity index (χ1n) is 10.9. The number of thiazole rings is 1. The molecule has 0 atom stereocenters. The maximum absolute atomic E-state index is 13.7. The number of fused-ring (bicyclic) bond motifs is 1. The van der Waals surface area contributed by atoms with Crippen molar-refractivity contribution in [3.8, 4) is 5.75 Å². The van der Waals surface area contributed by atoms with Crippen LogP contribution in [0, 0.1) is 5.82 Å². The largest absolute Gasteiger partial charge is 0.494 e. The molecule has 36 heavy (non-hydrogen) atoms. The Morgan fingerprint density at radius 1 is 1.08 bits per heavy atom. The zero-order valence-corrected chi connectivity index (χ0v) is 21.4. The van der Waals surface area contributed by atoms with E-state index in [2.05, 4.69) is 10.1 Å². The van der Waals surface area contributed by atoms with Gasteiger partial charge in [0.05, 0.1) is 27.9 Å². The lowest BCUT2D eigenvalue weighted by atomic mass is 10.2. The molecule has 0 aliphatic carbocycles. The number of rotatable bonds is 8. The topological polar surface area (TPSA) is 92.2 Å². The molecule has 0 aliphatic rings. The monoisotopic (exact) mass is 526 g/mol. The van der Waals surface area contributed by atoms with Gasteiger partial charge in [-0.15, -0.1) is 0 Å². The second kappa shape index (κ2) is 10.5. The van der Waals surface area contributed by atoms with Gasteiger partial charge in [0.2, 0.25) is 15.2 Å². The van der Waals surface area contributed by atoms with E-state index in [0.29, 0.717) is 22.6 Å². The summed E-state index contributed by atoms with van der Waals surface area (Å²) in [5, 5.41) is 5.74. The Morgan fingerprint density at radius 3 is 2.42 bits per heavy atom. The number of hydrazone groups is 1. The lowest BCUT2D eigenvalue weighted by Gasteiger charge is -2.15. The molecule has 186 valence electrons. The highest BCUT2D eigenvalue weighted by Gasteiger charge is 2.23. The summed E-state index contributed by atoms with van der Waals surface area (Å²) in [5.74, 6) is -0.222. The number of nitrogens with zero attached hydrogens (tertiary/aromatic N) is 4. The molecule has 0 saturated carbocycles. The number of hydrogen-bond acceptors (Lipinski definition) is 7. The number of carbonyl (C=O) groups is 1. The first-order valence-corrected chi connectivity index (χ1v) is 13.1. The van der Waals surface area contributed by atoms with E-state index in [1.54, 1.807) is 24.3 Å². The molecular formula is C25H23FN4O4S2. The van der Waals surface area contributed by atoms with Gasteiger partial charge in [-0.25, -0.2) is 22.1 Å². The number of aromatic nitrogens is 1. The number of sulfonamides is 1. The van der Waals surface area contributed by atoms with E-state index in [1.807, 2.05) is 6.92 Å². The van der Waals surface area contributed by atoms with Crippen molar-refractivity contribution in [3.63, 3.8) is 0 Å². The van der Waals surface area contributed by atoms with Crippen LogP contribution < -0.4 is 9.75 Å². The molecule has 4 rings (SSSR count). The van der Waals surface area contributed by atoms with Crippen LogP contribution in [0.25, 0.3) is 10.2 Å². The Bertz CT molecular complexity index is 1520. The predicted molar refractivity (Wildman–Crippen MR) is 139 cm³/mol. The minimum Gasteiger partial charge on any atom is -0.494 e. The molecule has 8 nitrogen and oxygen atoms in total. The molecule has 11 heteroatoms. The van der Waals surface area contributed by atoms with Crippen molar-refractivity contribution >= 4 is 48.8 Å². The predicted octanol–water partition coefficient (Wildman–Crippen LogP) is 4.77. The molecule has 0 radical (unpaired) electrons. The van der Waals surface area contributed by atoms with E-state index >= 15 is 0 Å². The maximum atomic E-state index is 13.7.